The molecule has 0 amide bonds. The third kappa shape index (κ3) is 2.63. The van der Waals surface area contributed by atoms with Gasteiger partial charge in [-0.25, -0.2) is 0 Å². The fourth-order valence-electron chi connectivity index (χ4n) is 2.62. The molecule has 0 bridgehead atoms. The first-order valence-corrected chi connectivity index (χ1v) is 7.12. The summed E-state index contributed by atoms with van der Waals surface area (Å²) in [5.41, 5.74) is 2.41. The number of pyridine rings is 1. The predicted molar refractivity (Wildman–Crippen MR) is 80.7 cm³/mol. The van der Waals surface area contributed by atoms with Crippen LogP contribution >= 0.6 is 0 Å². The van der Waals surface area contributed by atoms with Gasteiger partial charge in [-0.1, -0.05) is 0 Å². The number of aromatic nitrogens is 1. The second kappa shape index (κ2) is 5.98. The molecule has 5 heteroatoms. The van der Waals surface area contributed by atoms with Crippen LogP contribution in [0.15, 0.2) is 24.4 Å². The molecule has 0 saturated carbocycles. The van der Waals surface area contributed by atoms with E-state index in [2.05, 4.69) is 16.0 Å². The van der Waals surface area contributed by atoms with Gasteiger partial charge in [0.05, 0.1) is 36.6 Å². The molecular weight excluding hydrogens is 266 g/mol. The summed E-state index contributed by atoms with van der Waals surface area (Å²) in [5.74, 6) is 0.802. The summed E-state index contributed by atoms with van der Waals surface area (Å²) in [7, 11) is 0. The summed E-state index contributed by atoms with van der Waals surface area (Å²) in [6, 6.07) is 8.07. The third-order valence-corrected chi connectivity index (χ3v) is 3.57. The molecule has 0 aliphatic carbocycles. The molecule has 1 fully saturated rings. The Morgan fingerprint density at radius 3 is 2.90 bits per heavy atom. The molecule has 0 spiro atoms. The Hall–Kier alpha value is -2.32. The summed E-state index contributed by atoms with van der Waals surface area (Å²) in [5, 5.41) is 10.4. The Morgan fingerprint density at radius 2 is 2.19 bits per heavy atom. The Kier molecular flexibility index (Phi) is 3.89. The van der Waals surface area contributed by atoms with Gasteiger partial charge in [-0.3, -0.25) is 4.98 Å². The van der Waals surface area contributed by atoms with Gasteiger partial charge in [-0.2, -0.15) is 5.26 Å². The van der Waals surface area contributed by atoms with E-state index < -0.39 is 0 Å². The monoisotopic (exact) mass is 283 g/mol. The number of hydrogen-bond acceptors (Lipinski definition) is 5. The van der Waals surface area contributed by atoms with Crippen molar-refractivity contribution in [3.05, 3.63) is 30.0 Å². The lowest BCUT2D eigenvalue weighted by molar-refractivity contribution is 0.123. The summed E-state index contributed by atoms with van der Waals surface area (Å²) < 4.78 is 11.0. The summed E-state index contributed by atoms with van der Waals surface area (Å²) in [6.07, 6.45) is 1.65. The van der Waals surface area contributed by atoms with Crippen LogP contribution in [0.2, 0.25) is 0 Å². The van der Waals surface area contributed by atoms with Crippen molar-refractivity contribution in [2.45, 2.75) is 6.92 Å². The van der Waals surface area contributed by atoms with E-state index in [-0.39, 0.29) is 0 Å². The number of rotatable bonds is 3. The molecule has 1 aromatic heterocycles. The highest BCUT2D eigenvalue weighted by Gasteiger charge is 2.18. The highest BCUT2D eigenvalue weighted by molar-refractivity contribution is 5.95. The van der Waals surface area contributed by atoms with Crippen molar-refractivity contribution in [1.29, 1.82) is 5.26 Å². The molecule has 3 rings (SSSR count). The van der Waals surface area contributed by atoms with E-state index in [9.17, 15) is 5.26 Å². The molecule has 1 saturated heterocycles. The molecule has 21 heavy (non-hydrogen) atoms. The SMILES string of the molecule is CCOc1ccc2ncc(C#N)c(N3CCOCC3)c2c1. The van der Waals surface area contributed by atoms with Gasteiger partial charge in [0, 0.05) is 24.7 Å². The van der Waals surface area contributed by atoms with Crippen molar-refractivity contribution < 1.29 is 9.47 Å². The van der Waals surface area contributed by atoms with Crippen LogP contribution < -0.4 is 9.64 Å². The van der Waals surface area contributed by atoms with Crippen LogP contribution in [-0.2, 0) is 4.74 Å². The van der Waals surface area contributed by atoms with Gasteiger partial charge in [-0.15, -0.1) is 0 Å². The predicted octanol–water partition coefficient (Wildman–Crippen LogP) is 2.34. The molecule has 2 aromatic rings. The zero-order chi connectivity index (χ0) is 14.7. The summed E-state index contributed by atoms with van der Waals surface area (Å²) in [6.45, 7) is 5.50. The van der Waals surface area contributed by atoms with E-state index in [0.29, 0.717) is 25.4 Å². The van der Waals surface area contributed by atoms with Crippen LogP contribution in [0, 0.1) is 11.3 Å². The van der Waals surface area contributed by atoms with Crippen LogP contribution in [0.3, 0.4) is 0 Å². The zero-order valence-corrected chi connectivity index (χ0v) is 12.0. The maximum Gasteiger partial charge on any atom is 0.120 e. The van der Waals surface area contributed by atoms with Crippen molar-refractivity contribution >= 4 is 16.6 Å². The van der Waals surface area contributed by atoms with E-state index in [1.165, 1.54) is 0 Å². The standard InChI is InChI=1S/C16H17N3O2/c1-2-21-13-3-4-15-14(9-13)16(12(10-17)11-18-15)19-5-7-20-8-6-19/h3-4,9,11H,2,5-8H2,1H3. The fraction of sp³-hybridized carbons (Fsp3) is 0.375. The van der Waals surface area contributed by atoms with Gasteiger partial charge in [-0.05, 0) is 25.1 Å². The second-order valence-electron chi connectivity index (χ2n) is 4.84. The van der Waals surface area contributed by atoms with Crippen molar-refractivity contribution in [1.82, 2.24) is 4.98 Å². The topological polar surface area (TPSA) is 58.4 Å². The van der Waals surface area contributed by atoms with Crippen molar-refractivity contribution in [2.75, 3.05) is 37.8 Å². The Labute approximate surface area is 123 Å². The van der Waals surface area contributed by atoms with Crippen LogP contribution in [-0.4, -0.2) is 37.9 Å². The van der Waals surface area contributed by atoms with Gasteiger partial charge in [0.1, 0.15) is 11.8 Å². The molecule has 1 aromatic carbocycles. The maximum absolute atomic E-state index is 9.40. The van der Waals surface area contributed by atoms with Crippen LogP contribution in [0.4, 0.5) is 5.69 Å². The minimum absolute atomic E-state index is 0.595. The Morgan fingerprint density at radius 1 is 1.38 bits per heavy atom. The van der Waals surface area contributed by atoms with E-state index in [1.54, 1.807) is 6.20 Å². The Bertz CT molecular complexity index is 688. The highest BCUT2D eigenvalue weighted by atomic mass is 16.5. The first-order valence-electron chi connectivity index (χ1n) is 7.12. The van der Waals surface area contributed by atoms with E-state index in [0.717, 1.165) is 35.4 Å². The van der Waals surface area contributed by atoms with Crippen molar-refractivity contribution in [3.63, 3.8) is 0 Å². The van der Waals surface area contributed by atoms with Gasteiger partial charge < -0.3 is 14.4 Å². The molecule has 108 valence electrons. The number of fused-ring (bicyclic) bond motifs is 1. The molecule has 1 aliphatic rings. The van der Waals surface area contributed by atoms with Crippen LogP contribution in [0.1, 0.15) is 12.5 Å². The first-order chi connectivity index (χ1) is 10.3. The number of nitrogens with zero attached hydrogens (tertiary/aromatic N) is 3. The molecular formula is C16H17N3O2. The normalized spacial score (nSPS) is 15.0. The number of hydrogen-bond donors (Lipinski definition) is 0. The lowest BCUT2D eigenvalue weighted by Gasteiger charge is -2.30. The minimum atomic E-state index is 0.595. The third-order valence-electron chi connectivity index (χ3n) is 3.57. The van der Waals surface area contributed by atoms with Gasteiger partial charge >= 0.3 is 0 Å². The van der Waals surface area contributed by atoms with Crippen molar-refractivity contribution in [3.8, 4) is 11.8 Å². The Balaban J connectivity index is 2.16. The average molecular weight is 283 g/mol. The summed E-state index contributed by atoms with van der Waals surface area (Å²) in [4.78, 5) is 6.57. The van der Waals surface area contributed by atoms with E-state index >= 15 is 0 Å². The number of ether oxygens (including phenoxy) is 2. The smallest absolute Gasteiger partial charge is 0.120 e. The highest BCUT2D eigenvalue weighted by Crippen LogP contribution is 2.32. The number of morpholine rings is 1. The minimum Gasteiger partial charge on any atom is -0.494 e. The molecule has 2 heterocycles. The molecule has 0 radical (unpaired) electrons. The zero-order valence-electron chi connectivity index (χ0n) is 12.0. The lowest BCUT2D eigenvalue weighted by atomic mass is 10.1. The lowest BCUT2D eigenvalue weighted by Crippen LogP contribution is -2.36. The van der Waals surface area contributed by atoms with E-state index in [4.69, 9.17) is 9.47 Å². The molecule has 1 aliphatic heterocycles. The number of nitriles is 1. The molecule has 0 N–H and O–H groups in total. The largest absolute Gasteiger partial charge is 0.494 e. The van der Waals surface area contributed by atoms with Gasteiger partial charge in [0.25, 0.3) is 0 Å². The second-order valence-corrected chi connectivity index (χ2v) is 4.84. The molecule has 0 atom stereocenters. The van der Waals surface area contributed by atoms with Gasteiger partial charge in [0.2, 0.25) is 0 Å². The fourth-order valence-corrected chi connectivity index (χ4v) is 2.62. The van der Waals surface area contributed by atoms with E-state index in [1.807, 2.05) is 25.1 Å². The first kappa shape index (κ1) is 13.7. The molecule has 5 nitrogen and oxygen atoms in total. The summed E-state index contributed by atoms with van der Waals surface area (Å²) >= 11 is 0. The average Bonchev–Trinajstić information content (AvgIpc) is 2.54. The van der Waals surface area contributed by atoms with Gasteiger partial charge in [0.15, 0.2) is 0 Å². The van der Waals surface area contributed by atoms with Crippen LogP contribution in [0.25, 0.3) is 10.9 Å². The maximum atomic E-state index is 9.40. The molecule has 0 unspecified atom stereocenters. The number of anilines is 1. The van der Waals surface area contributed by atoms with Crippen molar-refractivity contribution in [2.24, 2.45) is 0 Å². The number of benzene rings is 1. The van der Waals surface area contributed by atoms with Crippen LogP contribution in [0.5, 0.6) is 5.75 Å². The quantitative estimate of drug-likeness (QED) is 0.865.